The second kappa shape index (κ2) is 4.45. The predicted molar refractivity (Wildman–Crippen MR) is 51.4 cm³/mol. The minimum atomic E-state index is 0.323. The van der Waals surface area contributed by atoms with E-state index in [-0.39, 0.29) is 0 Å². The molecule has 0 saturated heterocycles. The Morgan fingerprint density at radius 2 is 2.23 bits per heavy atom. The molecule has 0 bridgehead atoms. The Bertz CT molecular complexity index is 299. The van der Waals surface area contributed by atoms with Crippen molar-refractivity contribution in [2.75, 3.05) is 12.3 Å². The molecule has 1 heterocycles. The van der Waals surface area contributed by atoms with Gasteiger partial charge in [-0.2, -0.15) is 0 Å². The summed E-state index contributed by atoms with van der Waals surface area (Å²) in [6.45, 7) is 6.25. The highest BCUT2D eigenvalue weighted by molar-refractivity contribution is 5.38. The Kier molecular flexibility index (Phi) is 3.25. The van der Waals surface area contributed by atoms with Gasteiger partial charge in [-0.05, 0) is 6.92 Å². The summed E-state index contributed by atoms with van der Waals surface area (Å²) >= 11 is 0. The van der Waals surface area contributed by atoms with Crippen LogP contribution in [0.5, 0.6) is 5.88 Å². The number of anilines is 1. The van der Waals surface area contributed by atoms with Gasteiger partial charge in [0.25, 0.3) is 5.88 Å². The minimum Gasteiger partial charge on any atom is -0.475 e. The minimum absolute atomic E-state index is 0.323. The highest BCUT2D eigenvalue weighted by Crippen LogP contribution is 2.13. The third-order valence-electron chi connectivity index (χ3n) is 1.46. The van der Waals surface area contributed by atoms with Crippen LogP contribution in [-0.2, 0) is 0 Å². The summed E-state index contributed by atoms with van der Waals surface area (Å²) in [4.78, 5) is 7.78. The summed E-state index contributed by atoms with van der Waals surface area (Å²) in [5, 5.41) is 0. The topological polar surface area (TPSA) is 61.0 Å². The number of nitrogen functional groups attached to an aromatic ring is 1. The third kappa shape index (κ3) is 3.11. The van der Waals surface area contributed by atoms with Crippen LogP contribution in [0.3, 0.4) is 0 Å². The van der Waals surface area contributed by atoms with E-state index in [9.17, 15) is 0 Å². The van der Waals surface area contributed by atoms with Crippen molar-refractivity contribution >= 4 is 5.82 Å². The van der Waals surface area contributed by atoms with Gasteiger partial charge in [-0.25, -0.2) is 9.97 Å². The summed E-state index contributed by atoms with van der Waals surface area (Å²) in [5.41, 5.74) is 6.59. The molecule has 0 radical (unpaired) electrons. The normalized spacial score (nSPS) is 9.62. The molecule has 0 aliphatic heterocycles. The first-order valence-electron chi connectivity index (χ1n) is 4.04. The fraction of sp³-hybridized carbons (Fsp3) is 0.333. The van der Waals surface area contributed by atoms with Gasteiger partial charge in [0.1, 0.15) is 0 Å². The molecule has 0 aliphatic rings. The Labute approximate surface area is 77.5 Å². The van der Waals surface area contributed by atoms with Crippen molar-refractivity contribution in [3.8, 4) is 5.88 Å². The van der Waals surface area contributed by atoms with Gasteiger partial charge in [-0.1, -0.05) is 5.57 Å². The summed E-state index contributed by atoms with van der Waals surface area (Å²) in [7, 11) is 0. The Morgan fingerprint density at radius 3 is 2.85 bits per heavy atom. The lowest BCUT2D eigenvalue weighted by Crippen LogP contribution is -2.03. The second-order valence-electron chi connectivity index (χ2n) is 2.80. The fourth-order valence-corrected chi connectivity index (χ4v) is 0.769. The molecule has 0 saturated carbocycles. The largest absolute Gasteiger partial charge is 0.475 e. The monoisotopic (exact) mass is 179 g/mol. The van der Waals surface area contributed by atoms with E-state index in [0.29, 0.717) is 18.3 Å². The maximum Gasteiger partial charge on any atom is 0.257 e. The maximum absolute atomic E-state index is 5.52. The number of aromatic nitrogens is 2. The molecule has 13 heavy (non-hydrogen) atoms. The molecule has 4 heteroatoms. The van der Waals surface area contributed by atoms with Crippen molar-refractivity contribution in [1.82, 2.24) is 9.97 Å². The van der Waals surface area contributed by atoms with Gasteiger partial charge in [0.2, 0.25) is 0 Å². The lowest BCUT2D eigenvalue weighted by atomic mass is 10.3. The quantitative estimate of drug-likeness (QED) is 0.710. The van der Waals surface area contributed by atoms with Crippen LogP contribution in [-0.4, -0.2) is 16.6 Å². The lowest BCUT2D eigenvalue weighted by Gasteiger charge is -2.05. The standard InChI is InChI=1S/C9H13N3O/c1-7(2)3-6-13-9-8(10)11-4-5-12-9/h4-5H,1,3,6H2,2H3,(H2,10,11). The average Bonchev–Trinajstić information content (AvgIpc) is 2.08. The van der Waals surface area contributed by atoms with E-state index in [1.165, 1.54) is 6.20 Å². The van der Waals surface area contributed by atoms with Gasteiger partial charge in [0.05, 0.1) is 6.61 Å². The van der Waals surface area contributed by atoms with Crippen molar-refractivity contribution < 1.29 is 4.74 Å². The number of hydrogen-bond acceptors (Lipinski definition) is 4. The number of nitrogens with two attached hydrogens (primary N) is 1. The third-order valence-corrected chi connectivity index (χ3v) is 1.46. The first-order chi connectivity index (χ1) is 6.20. The van der Waals surface area contributed by atoms with Crippen LogP contribution in [0.2, 0.25) is 0 Å². The van der Waals surface area contributed by atoms with Crippen LogP contribution in [0.15, 0.2) is 24.5 Å². The van der Waals surface area contributed by atoms with E-state index in [1.807, 2.05) is 6.92 Å². The molecule has 0 unspecified atom stereocenters. The highest BCUT2D eigenvalue weighted by atomic mass is 16.5. The molecule has 1 aromatic rings. The number of nitrogens with zero attached hydrogens (tertiary/aromatic N) is 2. The molecule has 0 aromatic carbocycles. The van der Waals surface area contributed by atoms with E-state index in [2.05, 4.69) is 16.5 Å². The molecule has 0 fully saturated rings. The first-order valence-corrected chi connectivity index (χ1v) is 4.04. The Balaban J connectivity index is 2.45. The van der Waals surface area contributed by atoms with Crippen LogP contribution in [0.25, 0.3) is 0 Å². The summed E-state index contributed by atoms with van der Waals surface area (Å²) in [6.07, 6.45) is 3.88. The molecular weight excluding hydrogens is 166 g/mol. The first kappa shape index (κ1) is 9.51. The molecule has 0 spiro atoms. The molecule has 1 rings (SSSR count). The van der Waals surface area contributed by atoms with Crippen molar-refractivity contribution in [2.24, 2.45) is 0 Å². The summed E-state index contributed by atoms with van der Waals surface area (Å²) in [6, 6.07) is 0. The van der Waals surface area contributed by atoms with Crippen LogP contribution in [0.4, 0.5) is 5.82 Å². The zero-order valence-electron chi connectivity index (χ0n) is 7.66. The molecule has 0 amide bonds. The van der Waals surface area contributed by atoms with Gasteiger partial charge in [0.15, 0.2) is 5.82 Å². The van der Waals surface area contributed by atoms with Gasteiger partial charge in [-0.15, -0.1) is 6.58 Å². The van der Waals surface area contributed by atoms with E-state index in [0.717, 1.165) is 12.0 Å². The number of ether oxygens (including phenoxy) is 1. The molecule has 0 aliphatic carbocycles. The van der Waals surface area contributed by atoms with Gasteiger partial charge in [0, 0.05) is 18.8 Å². The van der Waals surface area contributed by atoms with Crippen LogP contribution in [0.1, 0.15) is 13.3 Å². The number of hydrogen-bond donors (Lipinski definition) is 1. The summed E-state index contributed by atoms with van der Waals surface area (Å²) in [5.74, 6) is 0.716. The Hall–Kier alpha value is -1.58. The van der Waals surface area contributed by atoms with Crippen molar-refractivity contribution in [3.05, 3.63) is 24.5 Å². The van der Waals surface area contributed by atoms with Gasteiger partial charge in [-0.3, -0.25) is 0 Å². The summed E-state index contributed by atoms with van der Waals surface area (Å²) < 4.78 is 5.29. The SMILES string of the molecule is C=C(C)CCOc1nccnc1N. The van der Waals surface area contributed by atoms with E-state index in [1.54, 1.807) is 6.20 Å². The highest BCUT2D eigenvalue weighted by Gasteiger charge is 2.00. The van der Waals surface area contributed by atoms with Gasteiger partial charge < -0.3 is 10.5 Å². The Morgan fingerprint density at radius 1 is 1.54 bits per heavy atom. The predicted octanol–water partition coefficient (Wildman–Crippen LogP) is 1.40. The fourth-order valence-electron chi connectivity index (χ4n) is 0.769. The van der Waals surface area contributed by atoms with Crippen LogP contribution in [0, 0.1) is 0 Å². The molecule has 0 atom stereocenters. The zero-order chi connectivity index (χ0) is 9.68. The van der Waals surface area contributed by atoms with E-state index < -0.39 is 0 Å². The van der Waals surface area contributed by atoms with E-state index >= 15 is 0 Å². The molecular formula is C9H13N3O. The van der Waals surface area contributed by atoms with Gasteiger partial charge >= 0.3 is 0 Å². The average molecular weight is 179 g/mol. The number of rotatable bonds is 4. The molecule has 1 aromatic heterocycles. The smallest absolute Gasteiger partial charge is 0.257 e. The van der Waals surface area contributed by atoms with E-state index in [4.69, 9.17) is 10.5 Å². The van der Waals surface area contributed by atoms with Crippen molar-refractivity contribution in [1.29, 1.82) is 0 Å². The van der Waals surface area contributed by atoms with Crippen molar-refractivity contribution in [3.63, 3.8) is 0 Å². The van der Waals surface area contributed by atoms with Crippen LogP contribution < -0.4 is 10.5 Å². The molecule has 2 N–H and O–H groups in total. The van der Waals surface area contributed by atoms with Crippen LogP contribution >= 0.6 is 0 Å². The van der Waals surface area contributed by atoms with Crippen molar-refractivity contribution in [2.45, 2.75) is 13.3 Å². The zero-order valence-corrected chi connectivity index (χ0v) is 7.66. The molecule has 70 valence electrons. The lowest BCUT2D eigenvalue weighted by molar-refractivity contribution is 0.310. The maximum atomic E-state index is 5.52. The molecule has 4 nitrogen and oxygen atoms in total. The second-order valence-corrected chi connectivity index (χ2v) is 2.80.